The van der Waals surface area contributed by atoms with Crippen molar-refractivity contribution in [3.63, 3.8) is 0 Å². The van der Waals surface area contributed by atoms with Crippen molar-refractivity contribution >= 4 is 23.4 Å². The highest BCUT2D eigenvalue weighted by molar-refractivity contribution is 8.01. The van der Waals surface area contributed by atoms with Gasteiger partial charge >= 0.3 is 5.97 Å². The van der Waals surface area contributed by atoms with Crippen LogP contribution in [-0.2, 0) is 4.79 Å². The Morgan fingerprint density at radius 1 is 1.44 bits per heavy atom. The highest BCUT2D eigenvalue weighted by Gasteiger charge is 2.31. The van der Waals surface area contributed by atoms with Gasteiger partial charge in [-0.2, -0.15) is 0 Å². The number of rotatable bonds is 1. The summed E-state index contributed by atoms with van der Waals surface area (Å²) in [5.74, 6) is -0.756. The van der Waals surface area contributed by atoms with Crippen molar-refractivity contribution in [1.29, 1.82) is 0 Å². The van der Waals surface area contributed by atoms with E-state index in [1.807, 2.05) is 19.1 Å². The molecule has 2 rings (SSSR count). The Balaban J connectivity index is 2.42. The van der Waals surface area contributed by atoms with E-state index < -0.39 is 11.2 Å². The van der Waals surface area contributed by atoms with Crippen LogP contribution < -0.4 is 5.32 Å². The lowest BCUT2D eigenvalue weighted by molar-refractivity contribution is -0.136. The van der Waals surface area contributed by atoms with Crippen molar-refractivity contribution in [1.82, 2.24) is 0 Å². The third-order valence-electron chi connectivity index (χ3n) is 3.02. The number of carboxylic acids is 1. The molecule has 4 heteroatoms. The number of thioether (sulfide) groups is 1. The number of carboxylic acid groups (broad SMARTS) is 1. The number of carbonyl (C=O) groups is 1. The molecule has 0 radical (unpaired) electrons. The van der Waals surface area contributed by atoms with Crippen molar-refractivity contribution in [3.05, 3.63) is 23.3 Å². The van der Waals surface area contributed by atoms with E-state index in [1.54, 1.807) is 0 Å². The minimum Gasteiger partial charge on any atom is -0.480 e. The molecule has 0 saturated heterocycles. The molecule has 2 unspecified atom stereocenters. The van der Waals surface area contributed by atoms with Crippen LogP contribution in [0.1, 0.15) is 18.1 Å². The van der Waals surface area contributed by atoms with Gasteiger partial charge in [-0.25, -0.2) is 0 Å². The Labute approximate surface area is 99.2 Å². The molecule has 1 aromatic rings. The molecule has 0 aromatic heterocycles. The Kier molecular flexibility index (Phi) is 2.84. The molecule has 0 amide bonds. The second-order valence-corrected chi connectivity index (χ2v) is 5.37. The van der Waals surface area contributed by atoms with Gasteiger partial charge in [-0.15, -0.1) is 11.8 Å². The molecule has 0 fully saturated rings. The Morgan fingerprint density at radius 2 is 2.12 bits per heavy atom. The van der Waals surface area contributed by atoms with Gasteiger partial charge in [0.05, 0.1) is 5.69 Å². The Morgan fingerprint density at radius 3 is 2.75 bits per heavy atom. The molecule has 86 valence electrons. The van der Waals surface area contributed by atoms with Crippen LogP contribution in [0.3, 0.4) is 0 Å². The second-order valence-electron chi connectivity index (χ2n) is 4.19. The van der Waals surface area contributed by atoms with Gasteiger partial charge in [-0.05, 0) is 38.0 Å². The average Bonchev–Trinajstić information content (AvgIpc) is 2.23. The first-order valence-corrected chi connectivity index (χ1v) is 6.15. The monoisotopic (exact) mass is 237 g/mol. The molecular weight excluding hydrogens is 222 g/mol. The van der Waals surface area contributed by atoms with E-state index in [0.717, 1.165) is 10.6 Å². The SMILES string of the molecule is Cc1ccc2c(c1C)NC(C)C(C(=O)O)S2. The minimum atomic E-state index is -0.756. The fourth-order valence-corrected chi connectivity index (χ4v) is 3.00. The first-order valence-electron chi connectivity index (χ1n) is 5.27. The summed E-state index contributed by atoms with van der Waals surface area (Å²) < 4.78 is 0. The van der Waals surface area contributed by atoms with Gasteiger partial charge in [0.2, 0.25) is 0 Å². The van der Waals surface area contributed by atoms with Crippen LogP contribution in [0.2, 0.25) is 0 Å². The zero-order valence-electron chi connectivity index (χ0n) is 9.57. The van der Waals surface area contributed by atoms with Gasteiger partial charge in [0.15, 0.2) is 0 Å². The van der Waals surface area contributed by atoms with E-state index in [0.29, 0.717) is 0 Å². The molecule has 0 bridgehead atoms. The molecule has 0 spiro atoms. The molecule has 2 atom stereocenters. The van der Waals surface area contributed by atoms with Crippen molar-refractivity contribution < 1.29 is 9.90 Å². The zero-order chi connectivity index (χ0) is 11.9. The maximum Gasteiger partial charge on any atom is 0.319 e. The summed E-state index contributed by atoms with van der Waals surface area (Å²) >= 11 is 1.43. The summed E-state index contributed by atoms with van der Waals surface area (Å²) in [6, 6.07) is 3.99. The largest absolute Gasteiger partial charge is 0.480 e. The van der Waals surface area contributed by atoms with Crippen molar-refractivity contribution in [2.45, 2.75) is 37.0 Å². The zero-order valence-corrected chi connectivity index (χ0v) is 10.4. The van der Waals surface area contributed by atoms with Gasteiger partial charge in [-0.1, -0.05) is 6.07 Å². The van der Waals surface area contributed by atoms with Gasteiger partial charge in [0.1, 0.15) is 5.25 Å². The molecule has 1 heterocycles. The fraction of sp³-hybridized carbons (Fsp3) is 0.417. The van der Waals surface area contributed by atoms with Crippen molar-refractivity contribution in [2.75, 3.05) is 5.32 Å². The minimum absolute atomic E-state index is 0.0458. The van der Waals surface area contributed by atoms with Gasteiger partial charge in [0.25, 0.3) is 0 Å². The highest BCUT2D eigenvalue weighted by atomic mass is 32.2. The van der Waals surface area contributed by atoms with Gasteiger partial charge in [-0.3, -0.25) is 4.79 Å². The number of nitrogens with one attached hydrogen (secondary N) is 1. The topological polar surface area (TPSA) is 49.3 Å². The van der Waals surface area contributed by atoms with Crippen molar-refractivity contribution in [2.24, 2.45) is 0 Å². The highest BCUT2D eigenvalue weighted by Crippen LogP contribution is 2.40. The molecular formula is C12H15NO2S. The van der Waals surface area contributed by atoms with Gasteiger partial charge < -0.3 is 10.4 Å². The predicted molar refractivity (Wildman–Crippen MR) is 66.3 cm³/mol. The summed E-state index contributed by atoms with van der Waals surface area (Å²) in [4.78, 5) is 12.1. The molecule has 0 aliphatic carbocycles. The van der Waals surface area contributed by atoms with Crippen LogP contribution >= 0.6 is 11.8 Å². The Hall–Kier alpha value is -1.16. The van der Waals surface area contributed by atoms with Crippen LogP contribution in [0.15, 0.2) is 17.0 Å². The van der Waals surface area contributed by atoms with E-state index in [-0.39, 0.29) is 6.04 Å². The third kappa shape index (κ3) is 1.78. The summed E-state index contributed by atoms with van der Waals surface area (Å²) in [6.07, 6.45) is 0. The smallest absolute Gasteiger partial charge is 0.319 e. The number of anilines is 1. The quantitative estimate of drug-likeness (QED) is 0.788. The first-order chi connectivity index (χ1) is 7.50. The van der Waals surface area contributed by atoms with E-state index in [4.69, 9.17) is 5.11 Å². The van der Waals surface area contributed by atoms with Crippen LogP contribution in [-0.4, -0.2) is 22.4 Å². The molecule has 0 saturated carbocycles. The molecule has 1 aliphatic rings. The molecule has 2 N–H and O–H groups in total. The molecule has 3 nitrogen and oxygen atoms in total. The van der Waals surface area contributed by atoms with Crippen LogP contribution in [0.5, 0.6) is 0 Å². The number of aryl methyl sites for hydroxylation is 1. The maximum absolute atomic E-state index is 11.1. The van der Waals surface area contributed by atoms with E-state index in [1.165, 1.54) is 22.9 Å². The molecule has 1 aliphatic heterocycles. The lowest BCUT2D eigenvalue weighted by Crippen LogP contribution is -2.37. The predicted octanol–water partition coefficient (Wildman–Crippen LogP) is 2.66. The normalized spacial score (nSPS) is 23.4. The van der Waals surface area contributed by atoms with Crippen LogP contribution in [0.4, 0.5) is 5.69 Å². The molecule has 16 heavy (non-hydrogen) atoms. The number of fused-ring (bicyclic) bond motifs is 1. The van der Waals surface area contributed by atoms with Crippen molar-refractivity contribution in [3.8, 4) is 0 Å². The van der Waals surface area contributed by atoms with E-state index in [2.05, 4.69) is 19.2 Å². The number of benzene rings is 1. The summed E-state index contributed by atoms with van der Waals surface area (Å²) in [5.41, 5.74) is 3.53. The maximum atomic E-state index is 11.1. The third-order valence-corrected chi connectivity index (χ3v) is 4.48. The lowest BCUT2D eigenvalue weighted by atomic mass is 10.1. The number of hydrogen-bond acceptors (Lipinski definition) is 3. The standard InChI is InChI=1S/C12H15NO2S/c1-6-4-5-9-10(7(6)2)13-8(3)11(16-9)12(14)15/h4-5,8,11,13H,1-3H3,(H,14,15). The summed E-state index contributed by atoms with van der Waals surface area (Å²) in [5, 5.41) is 12.0. The second kappa shape index (κ2) is 4.01. The van der Waals surface area contributed by atoms with Crippen LogP contribution in [0.25, 0.3) is 0 Å². The number of hydrogen-bond donors (Lipinski definition) is 2. The van der Waals surface area contributed by atoms with Crippen LogP contribution in [0, 0.1) is 13.8 Å². The fourth-order valence-electron chi connectivity index (χ4n) is 1.88. The average molecular weight is 237 g/mol. The first kappa shape index (κ1) is 11.3. The lowest BCUT2D eigenvalue weighted by Gasteiger charge is -2.30. The molecule has 1 aromatic carbocycles. The Bertz CT molecular complexity index is 445. The van der Waals surface area contributed by atoms with Gasteiger partial charge in [0, 0.05) is 10.9 Å². The summed E-state index contributed by atoms with van der Waals surface area (Å²) in [7, 11) is 0. The summed E-state index contributed by atoms with van der Waals surface area (Å²) in [6.45, 7) is 6.04. The van der Waals surface area contributed by atoms with E-state index >= 15 is 0 Å². The number of aliphatic carboxylic acids is 1. The van der Waals surface area contributed by atoms with E-state index in [9.17, 15) is 4.79 Å².